The van der Waals surface area contributed by atoms with Gasteiger partial charge in [-0.1, -0.05) is 0 Å². The molecule has 12 heavy (non-hydrogen) atoms. The standard InChI is InChI=1S/C8H17NO3/c9-12-7-3-6-11-8-4-1-2-5-10-8/h8H,1-7,9H2. The Kier molecular flexibility index (Phi) is 5.27. The van der Waals surface area contributed by atoms with Crippen molar-refractivity contribution < 1.29 is 14.3 Å². The zero-order valence-electron chi connectivity index (χ0n) is 7.33. The second-order valence-corrected chi connectivity index (χ2v) is 2.89. The Morgan fingerprint density at radius 3 is 2.92 bits per heavy atom. The predicted molar refractivity (Wildman–Crippen MR) is 44.3 cm³/mol. The van der Waals surface area contributed by atoms with Gasteiger partial charge in [-0.3, -0.25) is 0 Å². The van der Waals surface area contributed by atoms with Crippen LogP contribution < -0.4 is 5.90 Å². The second kappa shape index (κ2) is 6.37. The molecule has 1 aliphatic rings. The van der Waals surface area contributed by atoms with E-state index in [0.29, 0.717) is 13.2 Å². The van der Waals surface area contributed by atoms with E-state index in [4.69, 9.17) is 15.4 Å². The van der Waals surface area contributed by atoms with Crippen LogP contribution in [0, 0.1) is 0 Å². The van der Waals surface area contributed by atoms with E-state index in [0.717, 1.165) is 25.9 Å². The fourth-order valence-corrected chi connectivity index (χ4v) is 1.20. The van der Waals surface area contributed by atoms with Gasteiger partial charge in [0.1, 0.15) is 0 Å². The van der Waals surface area contributed by atoms with Crippen LogP contribution in [-0.4, -0.2) is 26.1 Å². The largest absolute Gasteiger partial charge is 0.353 e. The summed E-state index contributed by atoms with van der Waals surface area (Å²) in [6.07, 6.45) is 4.22. The molecule has 0 aliphatic carbocycles. The quantitative estimate of drug-likeness (QED) is 0.496. The number of hydrogen-bond donors (Lipinski definition) is 1. The monoisotopic (exact) mass is 175 g/mol. The topological polar surface area (TPSA) is 53.7 Å². The van der Waals surface area contributed by atoms with Crippen LogP contribution in [0.1, 0.15) is 25.7 Å². The molecule has 1 atom stereocenters. The summed E-state index contributed by atoms with van der Waals surface area (Å²) >= 11 is 0. The normalized spacial score (nSPS) is 24.2. The average Bonchev–Trinajstić information content (AvgIpc) is 2.14. The molecule has 1 unspecified atom stereocenters. The van der Waals surface area contributed by atoms with Crippen molar-refractivity contribution in [2.45, 2.75) is 32.0 Å². The first kappa shape index (κ1) is 9.92. The van der Waals surface area contributed by atoms with E-state index in [1.165, 1.54) is 6.42 Å². The third-order valence-electron chi connectivity index (χ3n) is 1.85. The van der Waals surface area contributed by atoms with E-state index >= 15 is 0 Å². The molecule has 0 aromatic carbocycles. The minimum Gasteiger partial charge on any atom is -0.353 e. The number of ether oxygens (including phenoxy) is 2. The van der Waals surface area contributed by atoms with Gasteiger partial charge in [0, 0.05) is 6.61 Å². The van der Waals surface area contributed by atoms with Crippen molar-refractivity contribution in [1.82, 2.24) is 0 Å². The number of rotatable bonds is 5. The highest BCUT2D eigenvalue weighted by Crippen LogP contribution is 2.13. The van der Waals surface area contributed by atoms with E-state index < -0.39 is 0 Å². The lowest BCUT2D eigenvalue weighted by molar-refractivity contribution is -0.164. The van der Waals surface area contributed by atoms with Crippen LogP contribution in [0.3, 0.4) is 0 Å². The Balaban J connectivity index is 1.91. The van der Waals surface area contributed by atoms with Crippen LogP contribution in [0.25, 0.3) is 0 Å². The third-order valence-corrected chi connectivity index (χ3v) is 1.85. The van der Waals surface area contributed by atoms with Gasteiger partial charge < -0.3 is 14.3 Å². The van der Waals surface area contributed by atoms with Crippen LogP contribution in [0.15, 0.2) is 0 Å². The average molecular weight is 175 g/mol. The predicted octanol–water partition coefficient (Wildman–Crippen LogP) is 0.810. The first-order valence-electron chi connectivity index (χ1n) is 4.48. The lowest BCUT2D eigenvalue weighted by Gasteiger charge is -2.22. The van der Waals surface area contributed by atoms with Gasteiger partial charge in [0.05, 0.1) is 13.2 Å². The van der Waals surface area contributed by atoms with Crippen LogP contribution in [0.4, 0.5) is 0 Å². The van der Waals surface area contributed by atoms with Crippen molar-refractivity contribution in [3.63, 3.8) is 0 Å². The molecule has 72 valence electrons. The first-order valence-corrected chi connectivity index (χ1v) is 4.48. The van der Waals surface area contributed by atoms with Crippen molar-refractivity contribution in [2.24, 2.45) is 5.90 Å². The maximum Gasteiger partial charge on any atom is 0.157 e. The minimum absolute atomic E-state index is 0.0107. The maximum absolute atomic E-state index is 5.43. The van der Waals surface area contributed by atoms with Crippen molar-refractivity contribution in [2.75, 3.05) is 19.8 Å². The molecule has 0 spiro atoms. The van der Waals surface area contributed by atoms with Gasteiger partial charge in [-0.2, -0.15) is 0 Å². The van der Waals surface area contributed by atoms with Crippen LogP contribution in [-0.2, 0) is 14.3 Å². The zero-order chi connectivity index (χ0) is 8.65. The van der Waals surface area contributed by atoms with E-state index in [9.17, 15) is 0 Å². The van der Waals surface area contributed by atoms with Gasteiger partial charge in [0.2, 0.25) is 0 Å². The molecule has 0 bridgehead atoms. The van der Waals surface area contributed by atoms with E-state index in [1.807, 2.05) is 0 Å². The summed E-state index contributed by atoms with van der Waals surface area (Å²) in [5.74, 6) is 4.86. The van der Waals surface area contributed by atoms with Crippen molar-refractivity contribution >= 4 is 0 Å². The molecule has 0 aromatic rings. The van der Waals surface area contributed by atoms with Crippen molar-refractivity contribution in [3.8, 4) is 0 Å². The van der Waals surface area contributed by atoms with E-state index in [2.05, 4.69) is 4.84 Å². The number of hydrogen-bond acceptors (Lipinski definition) is 4. The third kappa shape index (κ3) is 4.01. The minimum atomic E-state index is 0.0107. The summed E-state index contributed by atoms with van der Waals surface area (Å²) in [7, 11) is 0. The van der Waals surface area contributed by atoms with Crippen molar-refractivity contribution in [3.05, 3.63) is 0 Å². The Bertz CT molecular complexity index is 104. The second-order valence-electron chi connectivity index (χ2n) is 2.89. The lowest BCUT2D eigenvalue weighted by Crippen LogP contribution is -2.23. The number of nitrogens with two attached hydrogens (primary N) is 1. The van der Waals surface area contributed by atoms with E-state index in [1.54, 1.807) is 0 Å². The Hall–Kier alpha value is -0.160. The molecule has 1 aliphatic heterocycles. The molecule has 2 N–H and O–H groups in total. The molecule has 0 saturated carbocycles. The molecular formula is C8H17NO3. The van der Waals surface area contributed by atoms with Crippen LogP contribution in [0.2, 0.25) is 0 Å². The molecule has 0 amide bonds. The zero-order valence-corrected chi connectivity index (χ0v) is 7.33. The van der Waals surface area contributed by atoms with Crippen LogP contribution >= 0.6 is 0 Å². The molecule has 1 rings (SSSR count). The maximum atomic E-state index is 5.43. The summed E-state index contributed by atoms with van der Waals surface area (Å²) < 4.78 is 10.8. The molecule has 0 aromatic heterocycles. The summed E-state index contributed by atoms with van der Waals surface area (Å²) in [6, 6.07) is 0. The van der Waals surface area contributed by atoms with E-state index in [-0.39, 0.29) is 6.29 Å². The first-order chi connectivity index (χ1) is 5.93. The summed E-state index contributed by atoms with van der Waals surface area (Å²) in [6.45, 7) is 2.05. The highest BCUT2D eigenvalue weighted by atomic mass is 16.7. The Labute approximate surface area is 72.9 Å². The summed E-state index contributed by atoms with van der Waals surface area (Å²) in [5, 5.41) is 0. The van der Waals surface area contributed by atoms with Gasteiger partial charge in [-0.25, -0.2) is 5.90 Å². The molecule has 1 saturated heterocycles. The smallest absolute Gasteiger partial charge is 0.157 e. The van der Waals surface area contributed by atoms with Gasteiger partial charge in [0.25, 0.3) is 0 Å². The molecular weight excluding hydrogens is 158 g/mol. The van der Waals surface area contributed by atoms with Crippen LogP contribution in [0.5, 0.6) is 0 Å². The molecule has 0 radical (unpaired) electrons. The fraction of sp³-hybridized carbons (Fsp3) is 1.00. The summed E-state index contributed by atoms with van der Waals surface area (Å²) in [4.78, 5) is 4.41. The van der Waals surface area contributed by atoms with Crippen molar-refractivity contribution in [1.29, 1.82) is 0 Å². The fourth-order valence-electron chi connectivity index (χ4n) is 1.20. The molecule has 4 nitrogen and oxygen atoms in total. The van der Waals surface area contributed by atoms with Gasteiger partial charge in [-0.15, -0.1) is 0 Å². The van der Waals surface area contributed by atoms with Gasteiger partial charge in [-0.05, 0) is 25.7 Å². The molecule has 1 fully saturated rings. The Morgan fingerprint density at radius 1 is 1.33 bits per heavy atom. The Morgan fingerprint density at radius 2 is 2.25 bits per heavy atom. The lowest BCUT2D eigenvalue weighted by atomic mass is 10.2. The SMILES string of the molecule is NOCCCOC1CCCCO1. The molecule has 4 heteroatoms. The van der Waals surface area contributed by atoms with Gasteiger partial charge >= 0.3 is 0 Å². The molecule has 1 heterocycles. The van der Waals surface area contributed by atoms with Gasteiger partial charge in [0.15, 0.2) is 6.29 Å². The summed E-state index contributed by atoms with van der Waals surface area (Å²) in [5.41, 5.74) is 0. The highest BCUT2D eigenvalue weighted by molar-refractivity contribution is 4.53. The highest BCUT2D eigenvalue weighted by Gasteiger charge is 2.12.